The van der Waals surface area contributed by atoms with E-state index in [4.69, 9.17) is 14.2 Å². The van der Waals surface area contributed by atoms with Gasteiger partial charge in [-0.3, -0.25) is 4.79 Å². The normalized spacial score (nSPS) is 12.0. The van der Waals surface area contributed by atoms with Gasteiger partial charge in [0.15, 0.2) is 6.61 Å². The van der Waals surface area contributed by atoms with E-state index in [0.29, 0.717) is 25.1 Å². The lowest BCUT2D eigenvalue weighted by Gasteiger charge is -2.08. The molecule has 26 heavy (non-hydrogen) atoms. The molecule has 3 rings (SSSR count). The Kier molecular flexibility index (Phi) is 5.73. The zero-order valence-electron chi connectivity index (χ0n) is 14.6. The van der Waals surface area contributed by atoms with Gasteiger partial charge >= 0.3 is 5.97 Å². The molecule has 0 fully saturated rings. The Morgan fingerprint density at radius 1 is 1.15 bits per heavy atom. The van der Waals surface area contributed by atoms with Gasteiger partial charge in [-0.1, -0.05) is 12.1 Å². The molecule has 1 heterocycles. The van der Waals surface area contributed by atoms with Crippen LogP contribution in [0.3, 0.4) is 0 Å². The maximum absolute atomic E-state index is 12.0. The van der Waals surface area contributed by atoms with Crippen LogP contribution in [0.4, 0.5) is 0 Å². The Morgan fingerprint density at radius 3 is 2.73 bits per heavy atom. The molecule has 1 N–H and O–H groups in total. The lowest BCUT2D eigenvalue weighted by Crippen LogP contribution is -2.30. The van der Waals surface area contributed by atoms with Crippen LogP contribution in [0.5, 0.6) is 11.5 Å². The first-order valence-corrected chi connectivity index (χ1v) is 8.48. The fourth-order valence-corrected chi connectivity index (χ4v) is 2.72. The van der Waals surface area contributed by atoms with E-state index in [1.807, 2.05) is 24.3 Å². The lowest BCUT2D eigenvalue weighted by atomic mass is 10.1. The summed E-state index contributed by atoms with van der Waals surface area (Å²) in [6, 6.07) is 12.8. The van der Waals surface area contributed by atoms with E-state index in [1.165, 1.54) is 0 Å². The summed E-state index contributed by atoms with van der Waals surface area (Å²) in [5.41, 5.74) is 2.51. The molecule has 0 saturated carbocycles. The predicted molar refractivity (Wildman–Crippen MR) is 95.6 cm³/mol. The number of benzene rings is 2. The summed E-state index contributed by atoms with van der Waals surface area (Å²) in [5, 5.41) is 2.74. The molecule has 0 bridgehead atoms. The Hall–Kier alpha value is -3.02. The molecular weight excluding hydrogens is 334 g/mol. The molecule has 136 valence electrons. The highest BCUT2D eigenvalue weighted by atomic mass is 16.5. The maximum Gasteiger partial charge on any atom is 0.338 e. The first-order chi connectivity index (χ1) is 12.7. The van der Waals surface area contributed by atoms with E-state index in [2.05, 4.69) is 5.32 Å². The number of hydrogen-bond donors (Lipinski definition) is 1. The number of methoxy groups -OCH3 is 1. The molecule has 2 aromatic carbocycles. The van der Waals surface area contributed by atoms with Crippen LogP contribution in [-0.2, 0) is 22.4 Å². The van der Waals surface area contributed by atoms with Crippen molar-refractivity contribution < 1.29 is 23.8 Å². The summed E-state index contributed by atoms with van der Waals surface area (Å²) in [6.45, 7) is 0.804. The Bertz CT molecular complexity index is 785. The highest BCUT2D eigenvalue weighted by Gasteiger charge is 2.16. The van der Waals surface area contributed by atoms with Gasteiger partial charge in [0.05, 0.1) is 19.3 Å². The second kappa shape index (κ2) is 8.38. The number of rotatable bonds is 7. The maximum atomic E-state index is 12.0. The third-order valence-electron chi connectivity index (χ3n) is 4.15. The van der Waals surface area contributed by atoms with Crippen LogP contribution in [0.1, 0.15) is 21.5 Å². The zero-order chi connectivity index (χ0) is 18.4. The fraction of sp³-hybridized carbons (Fsp3) is 0.300. The van der Waals surface area contributed by atoms with Gasteiger partial charge in [0, 0.05) is 13.0 Å². The molecular formula is C20H21NO5. The molecule has 6 heteroatoms. The topological polar surface area (TPSA) is 73.9 Å². The monoisotopic (exact) mass is 355 g/mol. The van der Waals surface area contributed by atoms with Gasteiger partial charge in [0.25, 0.3) is 5.91 Å². The minimum atomic E-state index is -0.509. The molecule has 1 aliphatic heterocycles. The molecule has 6 nitrogen and oxygen atoms in total. The number of nitrogens with one attached hydrogen (secondary N) is 1. The molecule has 0 spiro atoms. The Labute approximate surface area is 152 Å². The van der Waals surface area contributed by atoms with E-state index in [0.717, 1.165) is 29.0 Å². The third-order valence-corrected chi connectivity index (χ3v) is 4.15. The molecule has 0 aromatic heterocycles. The highest BCUT2D eigenvalue weighted by Crippen LogP contribution is 2.26. The van der Waals surface area contributed by atoms with Crippen molar-refractivity contribution in [3.63, 3.8) is 0 Å². The largest absolute Gasteiger partial charge is 0.497 e. The fourth-order valence-electron chi connectivity index (χ4n) is 2.72. The van der Waals surface area contributed by atoms with Crippen molar-refractivity contribution in [2.24, 2.45) is 0 Å². The molecule has 0 radical (unpaired) electrons. The van der Waals surface area contributed by atoms with Crippen molar-refractivity contribution in [3.05, 3.63) is 59.2 Å². The first kappa shape index (κ1) is 17.8. The molecule has 0 saturated heterocycles. The van der Waals surface area contributed by atoms with Gasteiger partial charge in [0.1, 0.15) is 11.5 Å². The van der Waals surface area contributed by atoms with Crippen molar-refractivity contribution in [2.45, 2.75) is 12.8 Å². The smallest absolute Gasteiger partial charge is 0.338 e. The zero-order valence-corrected chi connectivity index (χ0v) is 14.6. The second-order valence-electron chi connectivity index (χ2n) is 5.95. The van der Waals surface area contributed by atoms with Crippen LogP contribution >= 0.6 is 0 Å². The number of carbonyl (C=O) groups excluding carboxylic acids is 2. The van der Waals surface area contributed by atoms with Crippen molar-refractivity contribution in [1.82, 2.24) is 5.32 Å². The average molecular weight is 355 g/mol. The SMILES string of the molecule is COc1ccc(CCNC(=O)COC(=O)c2ccc3c(c2)CCO3)cc1. The summed E-state index contributed by atoms with van der Waals surface area (Å²) in [5.74, 6) is 0.766. The number of amides is 1. The van der Waals surface area contributed by atoms with Crippen LogP contribution in [-0.4, -0.2) is 38.7 Å². The van der Waals surface area contributed by atoms with E-state index in [1.54, 1.807) is 25.3 Å². The molecule has 0 atom stereocenters. The standard InChI is InChI=1S/C20H21NO5/c1-24-17-5-2-14(3-6-17)8-10-21-19(22)13-26-20(23)16-4-7-18-15(12-16)9-11-25-18/h2-7,12H,8-11,13H2,1H3,(H,21,22). The summed E-state index contributed by atoms with van der Waals surface area (Å²) >= 11 is 0. The van der Waals surface area contributed by atoms with Crippen molar-refractivity contribution in [3.8, 4) is 11.5 Å². The lowest BCUT2D eigenvalue weighted by molar-refractivity contribution is -0.124. The van der Waals surface area contributed by atoms with Gasteiger partial charge in [-0.15, -0.1) is 0 Å². The number of carbonyl (C=O) groups is 2. The van der Waals surface area contributed by atoms with E-state index < -0.39 is 5.97 Å². The van der Waals surface area contributed by atoms with Gasteiger partial charge in [-0.2, -0.15) is 0 Å². The molecule has 0 aliphatic carbocycles. The number of esters is 1. The Morgan fingerprint density at radius 2 is 1.96 bits per heavy atom. The minimum absolute atomic E-state index is 0.297. The van der Waals surface area contributed by atoms with Gasteiger partial charge in [-0.25, -0.2) is 4.79 Å². The second-order valence-corrected chi connectivity index (χ2v) is 5.95. The summed E-state index contributed by atoms with van der Waals surface area (Å²) in [4.78, 5) is 23.9. The van der Waals surface area contributed by atoms with Crippen molar-refractivity contribution in [2.75, 3.05) is 26.9 Å². The summed E-state index contributed by atoms with van der Waals surface area (Å²) < 4.78 is 15.6. The van der Waals surface area contributed by atoms with Gasteiger partial charge < -0.3 is 19.5 Å². The van der Waals surface area contributed by atoms with Crippen molar-refractivity contribution >= 4 is 11.9 Å². The molecule has 0 unspecified atom stereocenters. The quantitative estimate of drug-likeness (QED) is 0.771. The number of fused-ring (bicyclic) bond motifs is 1. The predicted octanol–water partition coefficient (Wildman–Crippen LogP) is 2.15. The molecule has 1 amide bonds. The van der Waals surface area contributed by atoms with Crippen LogP contribution in [0, 0.1) is 0 Å². The van der Waals surface area contributed by atoms with Crippen molar-refractivity contribution in [1.29, 1.82) is 0 Å². The Balaban J connectivity index is 1.40. The van der Waals surface area contributed by atoms with Crippen LogP contribution in [0.2, 0.25) is 0 Å². The van der Waals surface area contributed by atoms with Crippen LogP contribution in [0.25, 0.3) is 0 Å². The van der Waals surface area contributed by atoms with Crippen LogP contribution in [0.15, 0.2) is 42.5 Å². The van der Waals surface area contributed by atoms with Crippen LogP contribution < -0.4 is 14.8 Å². The van der Waals surface area contributed by atoms with E-state index in [9.17, 15) is 9.59 Å². The van der Waals surface area contributed by atoms with Gasteiger partial charge in [0.2, 0.25) is 0 Å². The summed E-state index contributed by atoms with van der Waals surface area (Å²) in [7, 11) is 1.62. The van der Waals surface area contributed by atoms with E-state index in [-0.39, 0.29) is 12.5 Å². The average Bonchev–Trinajstić information content (AvgIpc) is 3.14. The minimum Gasteiger partial charge on any atom is -0.497 e. The third kappa shape index (κ3) is 4.53. The first-order valence-electron chi connectivity index (χ1n) is 8.48. The van der Waals surface area contributed by atoms with E-state index >= 15 is 0 Å². The number of ether oxygens (including phenoxy) is 3. The number of hydrogen-bond acceptors (Lipinski definition) is 5. The molecule has 1 aliphatic rings. The summed E-state index contributed by atoms with van der Waals surface area (Å²) in [6.07, 6.45) is 1.47. The highest BCUT2D eigenvalue weighted by molar-refractivity contribution is 5.91. The molecule has 2 aromatic rings. The van der Waals surface area contributed by atoms with Gasteiger partial charge in [-0.05, 0) is 47.9 Å².